The van der Waals surface area contributed by atoms with E-state index in [0.717, 1.165) is 23.1 Å². The molecule has 0 aliphatic carbocycles. The van der Waals surface area contributed by atoms with E-state index in [1.807, 2.05) is 12.1 Å². The standard InChI is InChI=1S/C11H11N3OS/c1-7-6-14-10(12-13-11(14)16-7)8-4-2-3-5-9(8)15/h2-5,7,15H,6H2,1H3/t7-/m1/s1. The zero-order valence-electron chi connectivity index (χ0n) is 8.79. The average molecular weight is 233 g/mol. The third kappa shape index (κ3) is 1.39. The Hall–Kier alpha value is -1.49. The summed E-state index contributed by atoms with van der Waals surface area (Å²) in [6.45, 7) is 3.06. The van der Waals surface area contributed by atoms with E-state index in [1.54, 1.807) is 23.9 Å². The molecule has 0 radical (unpaired) electrons. The molecule has 1 aliphatic rings. The van der Waals surface area contributed by atoms with Gasteiger partial charge in [0.25, 0.3) is 0 Å². The van der Waals surface area contributed by atoms with Crippen molar-refractivity contribution in [2.75, 3.05) is 0 Å². The van der Waals surface area contributed by atoms with Crippen molar-refractivity contribution in [3.63, 3.8) is 0 Å². The Labute approximate surface area is 97.3 Å². The van der Waals surface area contributed by atoms with Gasteiger partial charge in [0, 0.05) is 11.8 Å². The Morgan fingerprint density at radius 3 is 3.00 bits per heavy atom. The highest BCUT2D eigenvalue weighted by Gasteiger charge is 2.25. The van der Waals surface area contributed by atoms with Gasteiger partial charge in [-0.1, -0.05) is 30.8 Å². The predicted molar refractivity (Wildman–Crippen MR) is 62.4 cm³/mol. The molecule has 82 valence electrons. The van der Waals surface area contributed by atoms with Gasteiger partial charge in [0.2, 0.25) is 0 Å². The number of aromatic nitrogens is 3. The molecule has 0 fully saturated rings. The van der Waals surface area contributed by atoms with Crippen LogP contribution in [0.15, 0.2) is 29.4 Å². The highest BCUT2D eigenvalue weighted by Crippen LogP contribution is 2.36. The van der Waals surface area contributed by atoms with Crippen LogP contribution < -0.4 is 0 Å². The molecule has 0 unspecified atom stereocenters. The third-order valence-corrected chi connectivity index (χ3v) is 3.67. The minimum atomic E-state index is 0.252. The molecule has 4 nitrogen and oxygen atoms in total. The lowest BCUT2D eigenvalue weighted by atomic mass is 10.2. The van der Waals surface area contributed by atoms with Gasteiger partial charge in [-0.25, -0.2) is 0 Å². The van der Waals surface area contributed by atoms with Gasteiger partial charge >= 0.3 is 0 Å². The summed E-state index contributed by atoms with van der Waals surface area (Å²) < 4.78 is 2.06. The van der Waals surface area contributed by atoms with E-state index >= 15 is 0 Å². The van der Waals surface area contributed by atoms with Gasteiger partial charge < -0.3 is 9.67 Å². The van der Waals surface area contributed by atoms with E-state index < -0.39 is 0 Å². The molecule has 2 aromatic rings. The van der Waals surface area contributed by atoms with Gasteiger partial charge in [-0.2, -0.15) is 0 Å². The van der Waals surface area contributed by atoms with Gasteiger partial charge in [-0.05, 0) is 12.1 Å². The molecule has 1 aromatic heterocycles. The molecule has 1 aliphatic heterocycles. The summed E-state index contributed by atoms with van der Waals surface area (Å²) >= 11 is 1.72. The number of phenolic OH excluding ortho intramolecular Hbond substituents is 1. The van der Waals surface area contributed by atoms with Crippen LogP contribution >= 0.6 is 11.8 Å². The molecule has 1 aromatic carbocycles. The smallest absolute Gasteiger partial charge is 0.191 e. The molecule has 2 heterocycles. The average Bonchev–Trinajstić information content (AvgIpc) is 2.78. The van der Waals surface area contributed by atoms with Crippen LogP contribution in [-0.4, -0.2) is 25.1 Å². The Balaban J connectivity index is 2.12. The first-order valence-corrected chi connectivity index (χ1v) is 6.02. The van der Waals surface area contributed by atoms with E-state index in [4.69, 9.17) is 0 Å². The molecule has 0 bridgehead atoms. The quantitative estimate of drug-likeness (QED) is 0.820. The fourth-order valence-corrected chi connectivity index (χ4v) is 2.84. The van der Waals surface area contributed by atoms with Crippen LogP contribution in [-0.2, 0) is 6.54 Å². The summed E-state index contributed by atoms with van der Waals surface area (Å²) in [6, 6.07) is 7.22. The molecule has 0 amide bonds. The van der Waals surface area contributed by atoms with Gasteiger partial charge in [-0.15, -0.1) is 10.2 Å². The van der Waals surface area contributed by atoms with Crippen molar-refractivity contribution in [3.8, 4) is 17.1 Å². The van der Waals surface area contributed by atoms with E-state index in [1.165, 1.54) is 0 Å². The number of aromatic hydroxyl groups is 1. The van der Waals surface area contributed by atoms with Gasteiger partial charge in [0.05, 0.1) is 5.56 Å². The third-order valence-electron chi connectivity index (χ3n) is 2.61. The number of fused-ring (bicyclic) bond motifs is 1. The molecular formula is C11H11N3OS. The highest BCUT2D eigenvalue weighted by atomic mass is 32.2. The first kappa shape index (κ1) is 9.72. The monoisotopic (exact) mass is 233 g/mol. The van der Waals surface area contributed by atoms with Gasteiger partial charge in [0.1, 0.15) is 5.75 Å². The first-order chi connectivity index (χ1) is 7.75. The number of para-hydroxylation sites is 1. The van der Waals surface area contributed by atoms with Crippen LogP contribution in [0.4, 0.5) is 0 Å². The first-order valence-electron chi connectivity index (χ1n) is 5.14. The van der Waals surface area contributed by atoms with E-state index in [-0.39, 0.29) is 5.75 Å². The lowest BCUT2D eigenvalue weighted by Crippen LogP contribution is -2.02. The van der Waals surface area contributed by atoms with Crippen molar-refractivity contribution in [1.29, 1.82) is 0 Å². The number of hydrogen-bond acceptors (Lipinski definition) is 4. The Bertz CT molecular complexity index is 538. The number of nitrogens with zero attached hydrogens (tertiary/aromatic N) is 3. The van der Waals surface area contributed by atoms with E-state index in [9.17, 15) is 5.11 Å². The summed E-state index contributed by atoms with van der Waals surface area (Å²) in [7, 11) is 0. The van der Waals surface area contributed by atoms with E-state index in [2.05, 4.69) is 21.7 Å². The zero-order chi connectivity index (χ0) is 11.1. The molecule has 3 rings (SSSR count). The van der Waals surface area contributed by atoms with Gasteiger partial charge in [-0.3, -0.25) is 0 Å². The number of phenols is 1. The number of thioether (sulfide) groups is 1. The van der Waals surface area contributed by atoms with Crippen LogP contribution in [0.25, 0.3) is 11.4 Å². The molecule has 16 heavy (non-hydrogen) atoms. The van der Waals surface area contributed by atoms with Crippen LogP contribution in [0.5, 0.6) is 5.75 Å². The lowest BCUT2D eigenvalue weighted by Gasteiger charge is -2.05. The van der Waals surface area contributed by atoms with Crippen LogP contribution in [0.2, 0.25) is 0 Å². The summed E-state index contributed by atoms with van der Waals surface area (Å²) in [5.41, 5.74) is 0.746. The van der Waals surface area contributed by atoms with Crippen LogP contribution in [0.3, 0.4) is 0 Å². The number of hydrogen-bond donors (Lipinski definition) is 1. The summed E-state index contributed by atoms with van der Waals surface area (Å²) in [4.78, 5) is 0. The fraction of sp³-hybridized carbons (Fsp3) is 0.273. The molecule has 1 atom stereocenters. The predicted octanol–water partition coefficient (Wildman–Crippen LogP) is 2.14. The Morgan fingerprint density at radius 1 is 1.38 bits per heavy atom. The van der Waals surface area contributed by atoms with Gasteiger partial charge in [0.15, 0.2) is 11.0 Å². The second-order valence-electron chi connectivity index (χ2n) is 3.86. The molecule has 0 spiro atoms. The van der Waals surface area contributed by atoms with Crippen LogP contribution in [0.1, 0.15) is 6.92 Å². The maximum absolute atomic E-state index is 9.79. The summed E-state index contributed by atoms with van der Waals surface area (Å²) in [6.07, 6.45) is 0. The lowest BCUT2D eigenvalue weighted by molar-refractivity contribution is 0.476. The molecule has 5 heteroatoms. The molecular weight excluding hydrogens is 222 g/mol. The van der Waals surface area contributed by atoms with Crippen LogP contribution in [0, 0.1) is 0 Å². The zero-order valence-corrected chi connectivity index (χ0v) is 9.61. The molecule has 0 saturated heterocycles. The number of rotatable bonds is 1. The largest absolute Gasteiger partial charge is 0.507 e. The summed E-state index contributed by atoms with van der Waals surface area (Å²) in [5, 5.41) is 19.5. The maximum Gasteiger partial charge on any atom is 0.191 e. The topological polar surface area (TPSA) is 50.9 Å². The fourth-order valence-electron chi connectivity index (χ4n) is 1.88. The molecule has 1 N–H and O–H groups in total. The second-order valence-corrected chi connectivity index (χ2v) is 5.27. The van der Waals surface area contributed by atoms with Crippen molar-refractivity contribution in [1.82, 2.24) is 14.8 Å². The minimum Gasteiger partial charge on any atom is -0.507 e. The maximum atomic E-state index is 9.79. The van der Waals surface area contributed by atoms with Crippen molar-refractivity contribution >= 4 is 11.8 Å². The second kappa shape index (κ2) is 3.52. The van der Waals surface area contributed by atoms with Crippen molar-refractivity contribution in [2.45, 2.75) is 23.9 Å². The Morgan fingerprint density at radius 2 is 2.19 bits per heavy atom. The summed E-state index contributed by atoms with van der Waals surface area (Å²) in [5.74, 6) is 1.01. The van der Waals surface area contributed by atoms with Crippen molar-refractivity contribution in [3.05, 3.63) is 24.3 Å². The number of benzene rings is 1. The Kier molecular flexibility index (Phi) is 2.14. The van der Waals surface area contributed by atoms with E-state index in [0.29, 0.717) is 5.25 Å². The highest BCUT2D eigenvalue weighted by molar-refractivity contribution is 7.99. The minimum absolute atomic E-state index is 0.252. The molecule has 0 saturated carbocycles. The normalized spacial score (nSPS) is 18.7. The SMILES string of the molecule is C[C@@H]1Cn2c(nnc2-c2ccccc2O)S1. The van der Waals surface area contributed by atoms with Crippen molar-refractivity contribution in [2.24, 2.45) is 0 Å². The van der Waals surface area contributed by atoms with Crippen molar-refractivity contribution < 1.29 is 5.11 Å².